The van der Waals surface area contributed by atoms with Crippen LogP contribution in [0, 0.1) is 10.5 Å². The molecule has 3 nitrogen and oxygen atoms in total. The number of nitrogens with one attached hydrogen (secondary N) is 1. The summed E-state index contributed by atoms with van der Waals surface area (Å²) in [4.78, 5) is 14.1. The number of carbonyl (C=O) groups is 1. The summed E-state index contributed by atoms with van der Waals surface area (Å²) >= 11 is 2.22. The zero-order valence-corrected chi connectivity index (χ0v) is 14.4. The lowest BCUT2D eigenvalue weighted by Gasteiger charge is -2.17. The molecule has 0 saturated carbocycles. The molecule has 2 aromatic rings. The second-order valence-corrected chi connectivity index (χ2v) is 6.35. The molecule has 0 atom stereocenters. The third-order valence-corrected chi connectivity index (χ3v) is 4.08. The standard InChI is InChI=1S/C17H19IN2O/c1-13-7-9-14(10-8-13)11-20(2)12-17(21)19-16-6-4-3-5-15(16)18/h3-10H,11-12H2,1-2H3,(H,19,21). The van der Waals surface area contributed by atoms with Crippen molar-refractivity contribution in [3.8, 4) is 0 Å². The van der Waals surface area contributed by atoms with Crippen molar-refractivity contribution >= 4 is 34.2 Å². The van der Waals surface area contributed by atoms with Crippen molar-refractivity contribution in [2.75, 3.05) is 18.9 Å². The van der Waals surface area contributed by atoms with Crippen LogP contribution in [-0.4, -0.2) is 24.4 Å². The van der Waals surface area contributed by atoms with Gasteiger partial charge in [0.15, 0.2) is 0 Å². The lowest BCUT2D eigenvalue weighted by atomic mass is 10.1. The van der Waals surface area contributed by atoms with Gasteiger partial charge in [0.2, 0.25) is 5.91 Å². The summed E-state index contributed by atoms with van der Waals surface area (Å²) in [5.74, 6) is 0.00808. The van der Waals surface area contributed by atoms with Crippen LogP contribution in [0.5, 0.6) is 0 Å². The van der Waals surface area contributed by atoms with E-state index in [0.29, 0.717) is 6.54 Å². The first-order valence-corrected chi connectivity index (χ1v) is 7.91. The Morgan fingerprint density at radius 1 is 1.14 bits per heavy atom. The van der Waals surface area contributed by atoms with Gasteiger partial charge in [-0.3, -0.25) is 9.69 Å². The Morgan fingerprint density at radius 2 is 1.81 bits per heavy atom. The SMILES string of the molecule is Cc1ccc(CN(C)CC(=O)Nc2ccccc2I)cc1. The van der Waals surface area contributed by atoms with Gasteiger partial charge >= 0.3 is 0 Å². The maximum Gasteiger partial charge on any atom is 0.238 e. The highest BCUT2D eigenvalue weighted by Gasteiger charge is 2.08. The molecule has 0 spiro atoms. The summed E-state index contributed by atoms with van der Waals surface area (Å²) in [7, 11) is 1.95. The number of hydrogen-bond acceptors (Lipinski definition) is 2. The number of carbonyl (C=O) groups excluding carboxylic acids is 1. The molecule has 0 aliphatic carbocycles. The van der Waals surface area contributed by atoms with Gasteiger partial charge in [0.25, 0.3) is 0 Å². The van der Waals surface area contributed by atoms with E-state index in [1.54, 1.807) is 0 Å². The fourth-order valence-electron chi connectivity index (χ4n) is 2.06. The molecule has 0 radical (unpaired) electrons. The van der Waals surface area contributed by atoms with Crippen LogP contribution in [0.15, 0.2) is 48.5 Å². The first kappa shape index (κ1) is 16.0. The van der Waals surface area contributed by atoms with Crippen LogP contribution >= 0.6 is 22.6 Å². The predicted octanol–water partition coefficient (Wildman–Crippen LogP) is 3.67. The summed E-state index contributed by atoms with van der Waals surface area (Å²) < 4.78 is 1.05. The molecule has 0 unspecified atom stereocenters. The third kappa shape index (κ3) is 5.13. The van der Waals surface area contributed by atoms with Crippen molar-refractivity contribution in [3.63, 3.8) is 0 Å². The Bertz CT molecular complexity index is 610. The number of benzene rings is 2. The highest BCUT2D eigenvalue weighted by atomic mass is 127. The van der Waals surface area contributed by atoms with Crippen molar-refractivity contribution in [2.45, 2.75) is 13.5 Å². The predicted molar refractivity (Wildman–Crippen MR) is 95.3 cm³/mol. The van der Waals surface area contributed by atoms with Crippen LogP contribution in [0.25, 0.3) is 0 Å². The number of para-hydroxylation sites is 1. The van der Waals surface area contributed by atoms with Gasteiger partial charge in [0.05, 0.1) is 12.2 Å². The van der Waals surface area contributed by atoms with Gasteiger partial charge in [-0.05, 0) is 54.3 Å². The van der Waals surface area contributed by atoms with E-state index in [-0.39, 0.29) is 5.91 Å². The normalized spacial score (nSPS) is 10.7. The van der Waals surface area contributed by atoms with Crippen LogP contribution in [0.4, 0.5) is 5.69 Å². The minimum Gasteiger partial charge on any atom is -0.324 e. The number of halogens is 1. The molecule has 0 saturated heterocycles. The smallest absolute Gasteiger partial charge is 0.238 e. The second-order valence-electron chi connectivity index (χ2n) is 5.19. The van der Waals surface area contributed by atoms with E-state index in [2.05, 4.69) is 59.1 Å². The first-order chi connectivity index (χ1) is 10.0. The molecule has 0 aromatic heterocycles. The average molecular weight is 394 g/mol. The number of likely N-dealkylation sites (N-methyl/N-ethyl adjacent to an activating group) is 1. The van der Waals surface area contributed by atoms with E-state index in [4.69, 9.17) is 0 Å². The molecule has 0 aliphatic heterocycles. The molecule has 21 heavy (non-hydrogen) atoms. The number of rotatable bonds is 5. The van der Waals surface area contributed by atoms with Crippen molar-refractivity contribution in [1.82, 2.24) is 4.90 Å². The molecule has 1 N–H and O–H groups in total. The number of anilines is 1. The van der Waals surface area contributed by atoms with Gasteiger partial charge < -0.3 is 5.32 Å². The Balaban J connectivity index is 1.87. The Hall–Kier alpha value is -1.40. The van der Waals surface area contributed by atoms with Crippen LogP contribution in [0.3, 0.4) is 0 Å². The van der Waals surface area contributed by atoms with E-state index in [1.807, 2.05) is 36.2 Å². The van der Waals surface area contributed by atoms with Crippen LogP contribution in [0.2, 0.25) is 0 Å². The van der Waals surface area contributed by atoms with Gasteiger partial charge in [0.1, 0.15) is 0 Å². The lowest BCUT2D eigenvalue weighted by Crippen LogP contribution is -2.30. The Labute approximate surface area is 139 Å². The van der Waals surface area contributed by atoms with Crippen molar-refractivity contribution in [3.05, 3.63) is 63.2 Å². The van der Waals surface area contributed by atoms with Gasteiger partial charge in [-0.2, -0.15) is 0 Å². The summed E-state index contributed by atoms with van der Waals surface area (Å²) in [6, 6.07) is 16.2. The van der Waals surface area contributed by atoms with Gasteiger partial charge in [-0.25, -0.2) is 0 Å². The molecular weight excluding hydrogens is 375 g/mol. The lowest BCUT2D eigenvalue weighted by molar-refractivity contribution is -0.117. The van der Waals surface area contributed by atoms with Crippen molar-refractivity contribution in [1.29, 1.82) is 0 Å². The molecule has 4 heteroatoms. The molecule has 0 fully saturated rings. The monoisotopic (exact) mass is 394 g/mol. The van der Waals surface area contributed by atoms with Crippen LogP contribution in [-0.2, 0) is 11.3 Å². The van der Waals surface area contributed by atoms with E-state index in [9.17, 15) is 4.79 Å². The molecule has 0 aliphatic rings. The second kappa shape index (κ2) is 7.56. The van der Waals surface area contributed by atoms with Gasteiger partial charge in [-0.1, -0.05) is 42.0 Å². The topological polar surface area (TPSA) is 32.3 Å². The average Bonchev–Trinajstić information content (AvgIpc) is 2.44. The van der Waals surface area contributed by atoms with Crippen molar-refractivity contribution in [2.24, 2.45) is 0 Å². The Morgan fingerprint density at radius 3 is 2.48 bits per heavy atom. The third-order valence-electron chi connectivity index (χ3n) is 3.13. The summed E-state index contributed by atoms with van der Waals surface area (Å²) in [5.41, 5.74) is 3.33. The summed E-state index contributed by atoms with van der Waals surface area (Å²) in [6.45, 7) is 3.21. The number of amides is 1. The quantitative estimate of drug-likeness (QED) is 0.785. The number of hydrogen-bond donors (Lipinski definition) is 1. The van der Waals surface area contributed by atoms with Gasteiger partial charge in [0, 0.05) is 10.1 Å². The zero-order chi connectivity index (χ0) is 15.2. The molecule has 2 rings (SSSR count). The van der Waals surface area contributed by atoms with Crippen LogP contribution in [0.1, 0.15) is 11.1 Å². The minimum atomic E-state index is 0.00808. The molecule has 1 amide bonds. The highest BCUT2D eigenvalue weighted by molar-refractivity contribution is 14.1. The minimum absolute atomic E-state index is 0.00808. The highest BCUT2D eigenvalue weighted by Crippen LogP contribution is 2.16. The Kier molecular flexibility index (Phi) is 5.76. The van der Waals surface area contributed by atoms with Crippen molar-refractivity contribution < 1.29 is 4.79 Å². The van der Waals surface area contributed by atoms with Gasteiger partial charge in [-0.15, -0.1) is 0 Å². The number of aryl methyl sites for hydroxylation is 1. The summed E-state index contributed by atoms with van der Waals surface area (Å²) in [6.07, 6.45) is 0. The first-order valence-electron chi connectivity index (χ1n) is 6.83. The fourth-order valence-corrected chi connectivity index (χ4v) is 2.58. The zero-order valence-electron chi connectivity index (χ0n) is 12.3. The van der Waals surface area contributed by atoms with E-state index < -0.39 is 0 Å². The maximum absolute atomic E-state index is 12.1. The largest absolute Gasteiger partial charge is 0.324 e. The van der Waals surface area contributed by atoms with E-state index in [1.165, 1.54) is 11.1 Å². The molecule has 110 valence electrons. The van der Waals surface area contributed by atoms with E-state index in [0.717, 1.165) is 15.8 Å². The fraction of sp³-hybridized carbons (Fsp3) is 0.235. The molecule has 0 heterocycles. The molecular formula is C17H19IN2O. The number of nitrogens with zero attached hydrogens (tertiary/aromatic N) is 1. The van der Waals surface area contributed by atoms with E-state index >= 15 is 0 Å². The summed E-state index contributed by atoms with van der Waals surface area (Å²) in [5, 5.41) is 2.95. The molecule has 0 bridgehead atoms. The maximum atomic E-state index is 12.1. The molecule has 2 aromatic carbocycles. The van der Waals surface area contributed by atoms with Crippen LogP contribution < -0.4 is 5.32 Å².